The molecule has 3 aromatic rings. The number of hydrogen-bond donors (Lipinski definition) is 5. The lowest BCUT2D eigenvalue weighted by molar-refractivity contribution is -0.114. The van der Waals surface area contributed by atoms with Crippen molar-refractivity contribution in [2.45, 2.75) is 40.4 Å². The molecule has 18 nitrogen and oxygen atoms in total. The lowest BCUT2D eigenvalue weighted by Crippen LogP contribution is -2.26. The highest BCUT2D eigenvalue weighted by Gasteiger charge is 2.27. The van der Waals surface area contributed by atoms with Gasteiger partial charge in [0.1, 0.15) is 9.79 Å². The molecular formula is C22H22N4O14S4. The zero-order valence-corrected chi connectivity index (χ0v) is 25.7. The Morgan fingerprint density at radius 2 is 1.32 bits per heavy atom. The van der Waals surface area contributed by atoms with E-state index in [1.807, 2.05) is 0 Å². The monoisotopic (exact) mass is 694 g/mol. The first-order valence-corrected chi connectivity index (χ1v) is 17.2. The van der Waals surface area contributed by atoms with Gasteiger partial charge in [-0.15, -0.1) is 0 Å². The molecule has 0 aliphatic heterocycles. The summed E-state index contributed by atoms with van der Waals surface area (Å²) in [5, 5.41) is 6.65. The van der Waals surface area contributed by atoms with Gasteiger partial charge in [0.05, 0.1) is 26.7 Å². The highest BCUT2D eigenvalue weighted by Crippen LogP contribution is 2.30. The quantitative estimate of drug-likeness (QED) is 0.0900. The highest BCUT2D eigenvalue weighted by atomic mass is 32.2. The van der Waals surface area contributed by atoms with Gasteiger partial charge in [-0.25, -0.2) is 4.68 Å². The largest absolute Gasteiger partial charge is 0.296 e. The van der Waals surface area contributed by atoms with Gasteiger partial charge in [0.25, 0.3) is 51.9 Å². The predicted molar refractivity (Wildman–Crippen MR) is 152 cm³/mol. The molecule has 0 aliphatic rings. The molecule has 5 N–H and O–H groups in total. The Bertz CT molecular complexity index is 2240. The van der Waals surface area contributed by atoms with Crippen LogP contribution in [0.15, 0.2) is 72.0 Å². The van der Waals surface area contributed by atoms with Crippen molar-refractivity contribution in [1.29, 1.82) is 0 Å². The summed E-state index contributed by atoms with van der Waals surface area (Å²) in [5.41, 5.74) is -2.92. The lowest BCUT2D eigenvalue weighted by atomic mass is 10.2. The first kappa shape index (κ1) is 34.5. The Labute approximate surface area is 249 Å². The summed E-state index contributed by atoms with van der Waals surface area (Å²) in [4.78, 5) is 22.9. The van der Waals surface area contributed by atoms with E-state index >= 15 is 0 Å². The number of rotatable bonds is 9. The topological polar surface area (TPSA) is 288 Å². The molecule has 1 heterocycles. The van der Waals surface area contributed by atoms with Crippen LogP contribution < -0.4 is 10.6 Å². The summed E-state index contributed by atoms with van der Waals surface area (Å²) in [6.07, 6.45) is 1.53. The van der Waals surface area contributed by atoms with Crippen LogP contribution in [-0.2, 0) is 45.3 Å². The minimum absolute atomic E-state index is 0.0497. The zero-order chi connectivity index (χ0) is 33.6. The summed E-state index contributed by atoms with van der Waals surface area (Å²) in [6, 6.07) is 3.64. The Kier molecular flexibility index (Phi) is 9.25. The average Bonchev–Trinajstić information content (AvgIpc) is 3.15. The predicted octanol–water partition coefficient (Wildman–Crippen LogP) is 0.903. The number of carbonyl (C=O) groups is 1. The number of anilines is 1. The molecule has 0 saturated carbocycles. The minimum Gasteiger partial charge on any atom is -0.295 e. The molecule has 0 radical (unpaired) electrons. The van der Waals surface area contributed by atoms with Crippen LogP contribution in [0.5, 0.6) is 0 Å². The van der Waals surface area contributed by atoms with Crippen LogP contribution in [0.3, 0.4) is 0 Å². The summed E-state index contributed by atoms with van der Waals surface area (Å²) < 4.78 is 133. The van der Waals surface area contributed by atoms with Gasteiger partial charge in [-0.1, -0.05) is 0 Å². The maximum absolute atomic E-state index is 13.3. The van der Waals surface area contributed by atoms with E-state index in [0.29, 0.717) is 52.2 Å². The maximum Gasteiger partial charge on any atom is 0.296 e. The third-order valence-corrected chi connectivity index (χ3v) is 9.00. The van der Waals surface area contributed by atoms with Gasteiger partial charge in [-0.3, -0.25) is 32.9 Å². The van der Waals surface area contributed by atoms with Gasteiger partial charge in [0.15, 0.2) is 0 Å². The number of nitrogens with zero attached hydrogens (tertiary/aromatic N) is 3. The fraction of sp³-hybridized carbons (Fsp3) is 0.136. The maximum atomic E-state index is 13.3. The molecule has 0 bridgehead atoms. The van der Waals surface area contributed by atoms with Crippen molar-refractivity contribution in [3.05, 3.63) is 64.1 Å². The number of hydrogen-bond acceptors (Lipinski definition) is 11. The smallest absolute Gasteiger partial charge is 0.295 e. The normalized spacial score (nSPS) is 12.8. The third kappa shape index (κ3) is 7.54. The average molecular weight is 695 g/mol. The van der Waals surface area contributed by atoms with E-state index in [9.17, 15) is 61.5 Å². The summed E-state index contributed by atoms with van der Waals surface area (Å²) in [5.74, 6) is -1.22. The van der Waals surface area contributed by atoms with Crippen LogP contribution in [-0.4, -0.2) is 73.3 Å². The number of aromatic amines is 1. The zero-order valence-electron chi connectivity index (χ0n) is 22.5. The van der Waals surface area contributed by atoms with Crippen LogP contribution in [0.4, 0.5) is 5.69 Å². The molecule has 0 saturated heterocycles. The van der Waals surface area contributed by atoms with Gasteiger partial charge in [0.2, 0.25) is 0 Å². The van der Waals surface area contributed by atoms with Crippen molar-refractivity contribution in [2.24, 2.45) is 5.10 Å². The van der Waals surface area contributed by atoms with Crippen molar-refractivity contribution < 1.29 is 56.7 Å². The van der Waals surface area contributed by atoms with E-state index in [-0.39, 0.29) is 17.0 Å². The number of H-pyrrole nitrogens is 1. The third-order valence-electron chi connectivity index (χ3n) is 5.50. The van der Waals surface area contributed by atoms with Crippen molar-refractivity contribution in [3.63, 3.8) is 0 Å². The molecule has 0 fully saturated rings. The van der Waals surface area contributed by atoms with Gasteiger partial charge in [0, 0.05) is 17.5 Å². The Balaban J connectivity index is 2.22. The first-order chi connectivity index (χ1) is 19.9. The molecule has 0 spiro atoms. The molecule has 3 rings (SSSR count). The number of carbonyl (C=O) groups excluding carboxylic acids is 1. The molecule has 1 amide bonds. The molecule has 0 atom stereocenters. The second-order valence-electron chi connectivity index (χ2n) is 8.98. The van der Waals surface area contributed by atoms with Crippen molar-refractivity contribution in [1.82, 2.24) is 9.78 Å². The second kappa shape index (κ2) is 11.8. The van der Waals surface area contributed by atoms with Gasteiger partial charge in [-0.05, 0) is 63.2 Å². The van der Waals surface area contributed by atoms with Crippen LogP contribution in [0.2, 0.25) is 0 Å². The lowest BCUT2D eigenvalue weighted by Gasteiger charge is -2.19. The Hall–Kier alpha value is -4.03. The van der Waals surface area contributed by atoms with Crippen LogP contribution in [0.1, 0.15) is 25.1 Å². The van der Waals surface area contributed by atoms with Crippen LogP contribution in [0.25, 0.3) is 11.8 Å². The van der Waals surface area contributed by atoms with E-state index in [0.717, 1.165) is 6.08 Å². The number of benzene rings is 2. The van der Waals surface area contributed by atoms with Crippen molar-refractivity contribution in [2.75, 3.05) is 5.01 Å². The number of aromatic nitrogens is 2. The molecule has 44 heavy (non-hydrogen) atoms. The van der Waals surface area contributed by atoms with E-state index in [1.54, 1.807) is 0 Å². The van der Waals surface area contributed by atoms with Crippen molar-refractivity contribution in [3.8, 4) is 5.69 Å². The number of nitrogens with one attached hydrogen (secondary N) is 1. The summed E-state index contributed by atoms with van der Waals surface area (Å²) >= 11 is 0. The Morgan fingerprint density at radius 3 is 1.80 bits per heavy atom. The number of aryl methyl sites for hydroxylation is 1. The summed E-state index contributed by atoms with van der Waals surface area (Å²) in [6.45, 7) is 4.01. The molecule has 238 valence electrons. The van der Waals surface area contributed by atoms with Gasteiger partial charge in [-0.2, -0.15) is 43.8 Å². The molecule has 22 heteroatoms. The van der Waals surface area contributed by atoms with Gasteiger partial charge < -0.3 is 0 Å². The number of hydrazone groups is 1. The molecule has 2 aromatic carbocycles. The summed E-state index contributed by atoms with van der Waals surface area (Å²) in [7, 11) is -20.0. The fourth-order valence-corrected chi connectivity index (χ4v) is 5.97. The molecule has 1 aromatic heterocycles. The SMILES string of the molecule is CC(C)=NN(C(=O)C=Cc1c(C)[nH]n(-c2cc(S(=O)(=O)O)ccc2S(=O)(=O)O)c1=O)c1cc(S(=O)(=O)O)ccc1S(=O)(=O)O. The van der Waals surface area contributed by atoms with E-state index < -0.39 is 82.9 Å². The van der Waals surface area contributed by atoms with Crippen LogP contribution in [0, 0.1) is 6.92 Å². The van der Waals surface area contributed by atoms with Gasteiger partial charge >= 0.3 is 0 Å². The van der Waals surface area contributed by atoms with E-state index in [4.69, 9.17) is 0 Å². The first-order valence-electron chi connectivity index (χ1n) is 11.5. The standard InChI is InChI=1S/C22H22N4O14S4/c1-12(2)23-25(17-10-14(41(29,30)31)4-7-19(17)43(35,36)37)21(27)9-6-16-13(3)24-26(22(16)28)18-11-15(42(32,33)34)5-8-20(18)44(38,39)40/h4-11,24H,1-3H3,(H,29,30,31)(H,32,33,34)(H,35,36,37)(H,38,39,40). The van der Waals surface area contributed by atoms with Crippen molar-refractivity contribution >= 4 is 63.9 Å². The second-order valence-corrected chi connectivity index (χ2v) is 14.6. The molecule has 0 aliphatic carbocycles. The fourth-order valence-electron chi connectivity index (χ4n) is 3.66. The minimum atomic E-state index is -5.10. The van der Waals surface area contributed by atoms with Crippen LogP contribution >= 0.6 is 0 Å². The highest BCUT2D eigenvalue weighted by molar-refractivity contribution is 7.87. The molecule has 0 unspecified atom stereocenters. The Morgan fingerprint density at radius 1 is 0.818 bits per heavy atom. The molecular weight excluding hydrogens is 673 g/mol. The van der Waals surface area contributed by atoms with E-state index in [1.165, 1.54) is 20.8 Å². The number of amides is 1. The van der Waals surface area contributed by atoms with E-state index in [2.05, 4.69) is 10.2 Å².